The number of carbonyl (C=O) groups excluding carboxylic acids is 1. The number of H-pyrrole nitrogens is 1. The smallest absolute Gasteiger partial charge is 0.357 e. The number of anilines is 1. The van der Waals surface area contributed by atoms with Crippen LogP contribution in [0.25, 0.3) is 44.1 Å². The average Bonchev–Trinajstić information content (AvgIpc) is 3.41. The first-order chi connectivity index (χ1) is 21.2. The van der Waals surface area contributed by atoms with Crippen molar-refractivity contribution >= 4 is 54.4 Å². The molecular formula is C33H30N4O6S. The number of aryl methyl sites for hydroxylation is 2. The van der Waals surface area contributed by atoms with E-state index in [4.69, 9.17) is 24.2 Å². The molecule has 0 saturated carbocycles. The number of para-hydroxylation sites is 1. The van der Waals surface area contributed by atoms with Gasteiger partial charge in [-0.15, -0.1) is 0 Å². The summed E-state index contributed by atoms with van der Waals surface area (Å²) in [6, 6.07) is 19.5. The number of fused-ring (bicyclic) bond motifs is 4. The van der Waals surface area contributed by atoms with E-state index in [1.165, 1.54) is 26.4 Å². The van der Waals surface area contributed by atoms with E-state index in [1.54, 1.807) is 37.3 Å². The predicted octanol–water partition coefficient (Wildman–Crippen LogP) is 6.54. The highest BCUT2D eigenvalue weighted by Crippen LogP contribution is 2.42. The first-order valence-electron chi connectivity index (χ1n) is 13.9. The van der Waals surface area contributed by atoms with Gasteiger partial charge in [0.15, 0.2) is 11.4 Å². The van der Waals surface area contributed by atoms with E-state index in [2.05, 4.69) is 9.71 Å². The molecule has 0 aliphatic rings. The normalized spacial score (nSPS) is 11.7. The van der Waals surface area contributed by atoms with E-state index in [0.717, 1.165) is 21.9 Å². The van der Waals surface area contributed by atoms with Gasteiger partial charge < -0.3 is 19.2 Å². The molecule has 0 atom stereocenters. The van der Waals surface area contributed by atoms with E-state index >= 15 is 0 Å². The van der Waals surface area contributed by atoms with Crippen molar-refractivity contribution in [3.8, 4) is 22.9 Å². The summed E-state index contributed by atoms with van der Waals surface area (Å²) in [5.74, 6) is 0.0523. The average molecular weight is 611 g/mol. The molecule has 0 radical (unpaired) electrons. The number of hydrogen-bond donors (Lipinski definition) is 2. The van der Waals surface area contributed by atoms with E-state index < -0.39 is 16.0 Å². The Morgan fingerprint density at radius 1 is 0.932 bits per heavy atom. The minimum atomic E-state index is -3.97. The maximum Gasteiger partial charge on any atom is 0.357 e. The number of nitrogens with zero attached hydrogens (tertiary/aromatic N) is 2. The largest absolute Gasteiger partial charge is 0.496 e. The van der Waals surface area contributed by atoms with Gasteiger partial charge in [-0.25, -0.2) is 23.2 Å². The Balaban J connectivity index is 1.59. The lowest BCUT2D eigenvalue weighted by atomic mass is 10.0. The van der Waals surface area contributed by atoms with Gasteiger partial charge in [0.2, 0.25) is 0 Å². The molecule has 6 rings (SSSR count). The monoisotopic (exact) mass is 610 g/mol. The SMILES string of the molecule is CCOC(=O)c1nc(-c2ccc3c(OC)cc(NS(=O)(=O)c4ccc(C)cc4)c(OC)c3n2)c2[nH]c3ccccc3c2c1C. The number of rotatable bonds is 8. The molecule has 0 unspecified atom stereocenters. The van der Waals surface area contributed by atoms with Crippen molar-refractivity contribution in [1.82, 2.24) is 15.0 Å². The maximum absolute atomic E-state index is 13.3. The molecule has 3 heterocycles. The second-order valence-corrected chi connectivity index (χ2v) is 11.9. The molecule has 3 aromatic carbocycles. The van der Waals surface area contributed by atoms with Gasteiger partial charge in [0.1, 0.15) is 17.0 Å². The number of benzene rings is 3. The number of pyridine rings is 2. The molecule has 6 aromatic rings. The van der Waals surface area contributed by atoms with E-state index in [1.807, 2.05) is 38.1 Å². The Kier molecular flexibility index (Phi) is 7.34. The molecule has 3 aromatic heterocycles. The van der Waals surface area contributed by atoms with Crippen molar-refractivity contribution in [2.45, 2.75) is 25.7 Å². The van der Waals surface area contributed by atoms with Gasteiger partial charge in [0, 0.05) is 27.7 Å². The Bertz CT molecular complexity index is 2190. The molecule has 10 nitrogen and oxygen atoms in total. The van der Waals surface area contributed by atoms with Crippen molar-refractivity contribution in [3.63, 3.8) is 0 Å². The van der Waals surface area contributed by atoms with Crippen molar-refractivity contribution in [2.24, 2.45) is 0 Å². The lowest BCUT2D eigenvalue weighted by Crippen LogP contribution is -2.14. The number of esters is 1. The molecule has 0 saturated heterocycles. The van der Waals surface area contributed by atoms with Gasteiger partial charge >= 0.3 is 5.97 Å². The van der Waals surface area contributed by atoms with Crippen LogP contribution in [0.3, 0.4) is 0 Å². The zero-order chi connectivity index (χ0) is 31.2. The van der Waals surface area contributed by atoms with Crippen LogP contribution in [0.1, 0.15) is 28.5 Å². The number of sulfonamides is 1. The highest BCUT2D eigenvalue weighted by atomic mass is 32.2. The summed E-state index contributed by atoms with van der Waals surface area (Å²) in [4.78, 5) is 26.3. The highest BCUT2D eigenvalue weighted by molar-refractivity contribution is 7.92. The number of methoxy groups -OCH3 is 2. The van der Waals surface area contributed by atoms with Crippen molar-refractivity contribution in [2.75, 3.05) is 25.5 Å². The van der Waals surface area contributed by atoms with Gasteiger partial charge in [0.25, 0.3) is 10.0 Å². The summed E-state index contributed by atoms with van der Waals surface area (Å²) in [6.45, 7) is 5.67. The topological polar surface area (TPSA) is 132 Å². The number of ether oxygens (including phenoxy) is 3. The number of hydrogen-bond acceptors (Lipinski definition) is 8. The molecule has 0 fully saturated rings. The number of aromatic nitrogens is 3. The lowest BCUT2D eigenvalue weighted by molar-refractivity contribution is 0.0519. The minimum Gasteiger partial charge on any atom is -0.496 e. The Morgan fingerprint density at radius 3 is 2.39 bits per heavy atom. The summed E-state index contributed by atoms with van der Waals surface area (Å²) < 4.78 is 46.0. The molecule has 0 aliphatic carbocycles. The van der Waals surface area contributed by atoms with E-state index in [0.29, 0.717) is 39.1 Å². The minimum absolute atomic E-state index is 0.0995. The molecule has 0 bridgehead atoms. The Labute approximate surface area is 254 Å². The summed E-state index contributed by atoms with van der Waals surface area (Å²) in [6.07, 6.45) is 0. The van der Waals surface area contributed by atoms with Gasteiger partial charge in [-0.3, -0.25) is 4.72 Å². The molecule has 0 amide bonds. The van der Waals surface area contributed by atoms with Crippen LogP contribution in [0.2, 0.25) is 0 Å². The van der Waals surface area contributed by atoms with Crippen LogP contribution in [0, 0.1) is 13.8 Å². The zero-order valence-electron chi connectivity index (χ0n) is 24.8. The van der Waals surface area contributed by atoms with Crippen LogP contribution in [0.4, 0.5) is 5.69 Å². The van der Waals surface area contributed by atoms with Gasteiger partial charge in [0.05, 0.1) is 42.6 Å². The third-order valence-electron chi connectivity index (χ3n) is 7.50. The van der Waals surface area contributed by atoms with Crippen molar-refractivity contribution < 1.29 is 27.4 Å². The summed E-state index contributed by atoms with van der Waals surface area (Å²) in [5, 5.41) is 2.36. The molecule has 0 spiro atoms. The Morgan fingerprint density at radius 2 is 1.68 bits per heavy atom. The van der Waals surface area contributed by atoms with E-state index in [9.17, 15) is 13.2 Å². The van der Waals surface area contributed by atoms with Crippen LogP contribution in [-0.4, -0.2) is 50.2 Å². The van der Waals surface area contributed by atoms with Gasteiger partial charge in [-0.1, -0.05) is 35.9 Å². The highest BCUT2D eigenvalue weighted by Gasteiger charge is 2.25. The fourth-order valence-electron chi connectivity index (χ4n) is 5.40. The van der Waals surface area contributed by atoms with Crippen LogP contribution < -0.4 is 14.2 Å². The standard InChI is InChI=1S/C33H30N4O6S/c1-6-43-33(38)28-19(3)27-21-9-7-8-10-23(21)34-31(27)30(36-28)24-16-15-22-26(41-4)17-25(32(42-5)29(22)35-24)37-44(39,40)20-13-11-18(2)12-14-20/h7-17,34,37H,6H2,1-5H3. The third kappa shape index (κ3) is 4.84. The first kappa shape index (κ1) is 28.9. The zero-order valence-corrected chi connectivity index (χ0v) is 25.6. The van der Waals surface area contributed by atoms with Crippen molar-refractivity contribution in [1.29, 1.82) is 0 Å². The molecular weight excluding hydrogens is 580 g/mol. The fraction of sp³-hybridized carbons (Fsp3) is 0.182. The lowest BCUT2D eigenvalue weighted by Gasteiger charge is -2.17. The van der Waals surface area contributed by atoms with Crippen LogP contribution in [-0.2, 0) is 14.8 Å². The summed E-state index contributed by atoms with van der Waals surface area (Å²) in [5.41, 5.74) is 4.74. The molecule has 2 N–H and O–H groups in total. The maximum atomic E-state index is 13.3. The first-order valence-corrected chi connectivity index (χ1v) is 15.4. The summed E-state index contributed by atoms with van der Waals surface area (Å²) >= 11 is 0. The number of carbonyl (C=O) groups is 1. The summed E-state index contributed by atoms with van der Waals surface area (Å²) in [7, 11) is -1.03. The Hall–Kier alpha value is -5.16. The second kappa shape index (κ2) is 11.2. The van der Waals surface area contributed by atoms with Gasteiger partial charge in [-0.2, -0.15) is 0 Å². The fourth-order valence-corrected chi connectivity index (χ4v) is 6.45. The predicted molar refractivity (Wildman–Crippen MR) is 170 cm³/mol. The van der Waals surface area contributed by atoms with Gasteiger partial charge in [-0.05, 0) is 56.7 Å². The molecule has 11 heteroatoms. The van der Waals surface area contributed by atoms with Crippen LogP contribution >= 0.6 is 0 Å². The third-order valence-corrected chi connectivity index (χ3v) is 8.88. The molecule has 224 valence electrons. The number of aromatic amines is 1. The van der Waals surface area contributed by atoms with E-state index in [-0.39, 0.29) is 28.6 Å². The van der Waals surface area contributed by atoms with Crippen molar-refractivity contribution in [3.05, 3.63) is 83.6 Å². The molecule has 44 heavy (non-hydrogen) atoms. The second-order valence-electron chi connectivity index (χ2n) is 10.2. The number of nitrogens with one attached hydrogen (secondary N) is 2. The quantitative estimate of drug-likeness (QED) is 0.186. The van der Waals surface area contributed by atoms with Crippen LogP contribution in [0.15, 0.2) is 71.6 Å². The molecule has 0 aliphatic heterocycles. The van der Waals surface area contributed by atoms with Crippen LogP contribution in [0.5, 0.6) is 11.5 Å².